The summed E-state index contributed by atoms with van der Waals surface area (Å²) in [6, 6.07) is 5.84. The monoisotopic (exact) mass is 328 g/mol. The number of hydrogen-bond acceptors (Lipinski definition) is 2. The summed E-state index contributed by atoms with van der Waals surface area (Å²) in [5.41, 5.74) is 1.10. The van der Waals surface area contributed by atoms with Crippen LogP contribution in [0.3, 0.4) is 0 Å². The van der Waals surface area contributed by atoms with Crippen LogP contribution in [0.1, 0.15) is 31.2 Å². The first-order valence-corrected chi connectivity index (χ1v) is 7.49. The van der Waals surface area contributed by atoms with Gasteiger partial charge in [-0.05, 0) is 31.4 Å². The number of halogens is 2. The molecule has 1 aromatic heterocycles. The second kappa shape index (κ2) is 9.69. The molecular weight excluding hydrogens is 307 g/mol. The van der Waals surface area contributed by atoms with E-state index in [0.29, 0.717) is 5.02 Å². The fourth-order valence-electron chi connectivity index (χ4n) is 2.14. The van der Waals surface area contributed by atoms with E-state index >= 15 is 0 Å². The fraction of sp³-hybridized carbons (Fsp3) is 0.438. The Kier molecular flexibility index (Phi) is 8.24. The first-order valence-electron chi connectivity index (χ1n) is 7.11. The van der Waals surface area contributed by atoms with E-state index in [4.69, 9.17) is 16.3 Å². The smallest absolute Gasteiger partial charge is 0.140 e. The molecule has 0 N–H and O–H groups in total. The lowest BCUT2D eigenvalue weighted by atomic mass is 10.2. The molecular formula is C16H22Cl2N2O. The van der Waals surface area contributed by atoms with Gasteiger partial charge in [0.05, 0.1) is 18.0 Å². The molecule has 1 aromatic carbocycles. The van der Waals surface area contributed by atoms with Crippen LogP contribution in [0.5, 0.6) is 5.75 Å². The molecule has 0 aliphatic carbocycles. The molecule has 116 valence electrons. The van der Waals surface area contributed by atoms with Gasteiger partial charge < -0.3 is 9.30 Å². The molecule has 0 aliphatic rings. The highest BCUT2D eigenvalue weighted by Crippen LogP contribution is 2.27. The van der Waals surface area contributed by atoms with Crippen molar-refractivity contribution in [2.45, 2.75) is 39.2 Å². The molecule has 5 heteroatoms. The highest BCUT2D eigenvalue weighted by Gasteiger charge is 2.04. The highest BCUT2D eigenvalue weighted by molar-refractivity contribution is 6.32. The van der Waals surface area contributed by atoms with Crippen molar-refractivity contribution in [3.05, 3.63) is 47.5 Å². The Morgan fingerprint density at radius 3 is 2.71 bits per heavy atom. The molecule has 1 heterocycles. The number of aromatic nitrogens is 2. The summed E-state index contributed by atoms with van der Waals surface area (Å²) in [6.07, 6.45) is 10.3. The van der Waals surface area contributed by atoms with Crippen molar-refractivity contribution in [1.82, 2.24) is 9.55 Å². The van der Waals surface area contributed by atoms with Crippen LogP contribution in [0.2, 0.25) is 5.02 Å². The Hall–Kier alpha value is -1.19. The maximum absolute atomic E-state index is 6.12. The first-order chi connectivity index (χ1) is 9.77. The van der Waals surface area contributed by atoms with Gasteiger partial charge >= 0.3 is 0 Å². The number of ether oxygens (including phenoxy) is 1. The number of imidazole rings is 1. The number of benzene rings is 1. The van der Waals surface area contributed by atoms with Gasteiger partial charge in [-0.25, -0.2) is 4.98 Å². The van der Waals surface area contributed by atoms with Crippen LogP contribution in [-0.4, -0.2) is 16.2 Å². The van der Waals surface area contributed by atoms with E-state index in [1.165, 1.54) is 19.3 Å². The molecule has 0 saturated carbocycles. The second-order valence-electron chi connectivity index (χ2n) is 4.95. The van der Waals surface area contributed by atoms with E-state index in [9.17, 15) is 0 Å². The zero-order valence-electron chi connectivity index (χ0n) is 12.3. The molecule has 0 atom stereocenters. The van der Waals surface area contributed by atoms with Gasteiger partial charge in [-0.1, -0.05) is 36.6 Å². The minimum atomic E-state index is 0. The zero-order chi connectivity index (χ0) is 14.2. The summed E-state index contributed by atoms with van der Waals surface area (Å²) in [7, 11) is 0. The van der Waals surface area contributed by atoms with Crippen molar-refractivity contribution in [3.8, 4) is 5.75 Å². The lowest BCUT2D eigenvalue weighted by molar-refractivity contribution is 0.302. The van der Waals surface area contributed by atoms with E-state index in [-0.39, 0.29) is 12.4 Å². The normalized spacial score (nSPS) is 10.2. The van der Waals surface area contributed by atoms with Crippen molar-refractivity contribution in [1.29, 1.82) is 0 Å². The third kappa shape index (κ3) is 5.98. The first kappa shape index (κ1) is 17.9. The number of aryl methyl sites for hydroxylation is 2. The average molecular weight is 329 g/mol. The topological polar surface area (TPSA) is 27.1 Å². The fourth-order valence-corrected chi connectivity index (χ4v) is 2.42. The largest absolute Gasteiger partial charge is 0.492 e. The molecule has 2 rings (SSSR count). The third-order valence-corrected chi connectivity index (χ3v) is 3.58. The maximum atomic E-state index is 6.12. The van der Waals surface area contributed by atoms with E-state index in [2.05, 4.69) is 9.55 Å². The van der Waals surface area contributed by atoms with E-state index in [0.717, 1.165) is 30.9 Å². The Labute approximate surface area is 137 Å². The van der Waals surface area contributed by atoms with Crippen LogP contribution in [0.15, 0.2) is 36.9 Å². The maximum Gasteiger partial charge on any atom is 0.140 e. The Morgan fingerprint density at radius 1 is 1.19 bits per heavy atom. The van der Waals surface area contributed by atoms with E-state index < -0.39 is 0 Å². The number of unbranched alkanes of at least 4 members (excludes halogenated alkanes) is 3. The molecule has 0 amide bonds. The molecule has 3 nitrogen and oxygen atoms in total. The van der Waals surface area contributed by atoms with Crippen LogP contribution >= 0.6 is 24.0 Å². The van der Waals surface area contributed by atoms with Crippen molar-refractivity contribution in [2.75, 3.05) is 6.61 Å². The van der Waals surface area contributed by atoms with Gasteiger partial charge in [0.2, 0.25) is 0 Å². The summed E-state index contributed by atoms with van der Waals surface area (Å²) < 4.78 is 7.89. The van der Waals surface area contributed by atoms with Gasteiger partial charge in [-0.2, -0.15) is 0 Å². The molecule has 0 fully saturated rings. The summed E-state index contributed by atoms with van der Waals surface area (Å²) in [4.78, 5) is 4.03. The number of rotatable bonds is 8. The van der Waals surface area contributed by atoms with Gasteiger partial charge in [-0.15, -0.1) is 12.4 Å². The Bertz CT molecular complexity index is 495. The molecule has 0 aliphatic heterocycles. The quantitative estimate of drug-likeness (QED) is 0.644. The molecule has 0 saturated heterocycles. The zero-order valence-corrected chi connectivity index (χ0v) is 13.9. The molecule has 21 heavy (non-hydrogen) atoms. The van der Waals surface area contributed by atoms with E-state index in [1.54, 1.807) is 0 Å². The summed E-state index contributed by atoms with van der Waals surface area (Å²) in [5.74, 6) is 0.826. The lowest BCUT2D eigenvalue weighted by Gasteiger charge is -2.10. The van der Waals surface area contributed by atoms with Crippen molar-refractivity contribution < 1.29 is 4.74 Å². The van der Waals surface area contributed by atoms with Crippen LogP contribution in [0.4, 0.5) is 0 Å². The average Bonchev–Trinajstić information content (AvgIpc) is 2.93. The SMILES string of the molecule is Cc1cccc(Cl)c1OCCCCCCn1ccnc1.Cl. The number of para-hydroxylation sites is 1. The van der Waals surface area contributed by atoms with E-state index in [1.807, 2.05) is 43.8 Å². The van der Waals surface area contributed by atoms with Gasteiger partial charge in [0.1, 0.15) is 5.75 Å². The third-order valence-electron chi connectivity index (χ3n) is 3.28. The summed E-state index contributed by atoms with van der Waals surface area (Å²) >= 11 is 6.12. The molecule has 0 spiro atoms. The predicted octanol–water partition coefficient (Wildman–Crippen LogP) is 4.91. The summed E-state index contributed by atoms with van der Waals surface area (Å²) in [5, 5.41) is 0.699. The standard InChI is InChI=1S/C16H21ClN2O.ClH/c1-14-7-6-8-15(17)16(14)20-12-5-3-2-4-10-19-11-9-18-13-19;/h6-9,11,13H,2-5,10,12H2,1H3;1H. The minimum absolute atomic E-state index is 0. The van der Waals surface area contributed by atoms with Crippen LogP contribution in [0.25, 0.3) is 0 Å². The van der Waals surface area contributed by atoms with Gasteiger partial charge in [-0.3, -0.25) is 0 Å². The minimum Gasteiger partial charge on any atom is -0.492 e. The second-order valence-corrected chi connectivity index (χ2v) is 5.36. The number of nitrogens with zero attached hydrogens (tertiary/aromatic N) is 2. The van der Waals surface area contributed by atoms with Crippen LogP contribution in [0, 0.1) is 6.92 Å². The molecule has 0 bridgehead atoms. The predicted molar refractivity (Wildman–Crippen MR) is 89.6 cm³/mol. The van der Waals surface area contributed by atoms with Crippen molar-refractivity contribution in [3.63, 3.8) is 0 Å². The van der Waals surface area contributed by atoms with Crippen LogP contribution < -0.4 is 4.74 Å². The summed E-state index contributed by atoms with van der Waals surface area (Å²) in [6.45, 7) is 3.80. The van der Waals surface area contributed by atoms with Gasteiger partial charge in [0, 0.05) is 18.9 Å². The number of hydrogen-bond donors (Lipinski definition) is 0. The Balaban J connectivity index is 0.00000220. The molecule has 0 radical (unpaired) electrons. The van der Waals surface area contributed by atoms with Gasteiger partial charge in [0.25, 0.3) is 0 Å². The molecule has 0 unspecified atom stereocenters. The molecule has 2 aromatic rings. The van der Waals surface area contributed by atoms with Crippen molar-refractivity contribution >= 4 is 24.0 Å². The highest BCUT2D eigenvalue weighted by atomic mass is 35.5. The Morgan fingerprint density at radius 2 is 2.00 bits per heavy atom. The van der Waals surface area contributed by atoms with Crippen molar-refractivity contribution in [2.24, 2.45) is 0 Å². The van der Waals surface area contributed by atoms with Gasteiger partial charge in [0.15, 0.2) is 0 Å². The van der Waals surface area contributed by atoms with Crippen LogP contribution in [-0.2, 0) is 6.54 Å². The lowest BCUT2D eigenvalue weighted by Crippen LogP contribution is -2.00.